The minimum Gasteiger partial charge on any atom is -0.232 e. The average Bonchev–Trinajstić information content (AvgIpc) is 3.09. The van der Waals surface area contributed by atoms with Crippen LogP contribution in [-0.4, -0.2) is 9.78 Å². The quantitative estimate of drug-likeness (QED) is 0.404. The lowest BCUT2D eigenvalue weighted by molar-refractivity contribution is 0.888. The monoisotopic (exact) mass is 364 g/mol. The molecule has 0 aliphatic carbocycles. The average molecular weight is 365 g/mol. The first kappa shape index (κ1) is 15.9. The molecule has 1 aromatic heterocycles. The van der Waals surface area contributed by atoms with Crippen molar-refractivity contribution in [3.63, 3.8) is 0 Å². The van der Waals surface area contributed by atoms with Gasteiger partial charge < -0.3 is 0 Å². The van der Waals surface area contributed by atoms with Gasteiger partial charge in [0.1, 0.15) is 0 Å². The van der Waals surface area contributed by atoms with Gasteiger partial charge in [-0.25, -0.2) is 4.68 Å². The largest absolute Gasteiger partial charge is 0.232 e. The van der Waals surface area contributed by atoms with Crippen LogP contribution in [0.1, 0.15) is 0 Å². The van der Waals surface area contributed by atoms with Gasteiger partial charge in [-0.3, -0.25) is 0 Å². The molecule has 0 fully saturated rings. The summed E-state index contributed by atoms with van der Waals surface area (Å²) in [6.45, 7) is 0. The Morgan fingerprint density at radius 2 is 1.20 bits per heavy atom. The smallest absolute Gasteiger partial charge is 0.0819 e. The van der Waals surface area contributed by atoms with E-state index in [0.717, 1.165) is 28.1 Å². The molecule has 3 aromatic carbocycles. The molecule has 4 heteroatoms. The van der Waals surface area contributed by atoms with E-state index in [1.807, 2.05) is 89.7 Å². The molecule has 4 rings (SSSR count). The van der Waals surface area contributed by atoms with E-state index < -0.39 is 0 Å². The number of benzene rings is 3. The Hall–Kier alpha value is -2.55. The van der Waals surface area contributed by atoms with Crippen LogP contribution in [0.2, 0.25) is 10.0 Å². The molecule has 0 bridgehead atoms. The summed E-state index contributed by atoms with van der Waals surface area (Å²) in [5, 5.41) is 6.06. The summed E-state index contributed by atoms with van der Waals surface area (Å²) in [6.07, 6.45) is 1.89. The summed E-state index contributed by atoms with van der Waals surface area (Å²) in [4.78, 5) is 0. The number of aromatic nitrogens is 2. The topological polar surface area (TPSA) is 17.8 Å². The predicted molar refractivity (Wildman–Crippen MR) is 104 cm³/mol. The van der Waals surface area contributed by atoms with Crippen LogP contribution in [0.3, 0.4) is 0 Å². The molecule has 0 aliphatic rings. The SMILES string of the molecule is Clc1ccc(-c2cnn(-c3ccccc3)c2-c2ccc(Cl)cc2)cc1. The van der Waals surface area contributed by atoms with Gasteiger partial charge in [0.25, 0.3) is 0 Å². The Bertz CT molecular complexity index is 989. The fourth-order valence-corrected chi connectivity index (χ4v) is 3.09. The van der Waals surface area contributed by atoms with Crippen LogP contribution in [0.4, 0.5) is 0 Å². The van der Waals surface area contributed by atoms with Crippen LogP contribution in [0, 0.1) is 0 Å². The molecule has 0 spiro atoms. The van der Waals surface area contributed by atoms with Crippen LogP contribution < -0.4 is 0 Å². The van der Waals surface area contributed by atoms with Crippen molar-refractivity contribution < 1.29 is 0 Å². The van der Waals surface area contributed by atoms with E-state index in [1.54, 1.807) is 0 Å². The van der Waals surface area contributed by atoms with Gasteiger partial charge >= 0.3 is 0 Å². The number of hydrogen-bond donors (Lipinski definition) is 0. The Balaban J connectivity index is 1.94. The third-order valence-corrected chi connectivity index (χ3v) is 4.55. The van der Waals surface area contributed by atoms with Gasteiger partial charge in [-0.05, 0) is 42.0 Å². The molecular formula is C21H14Cl2N2. The summed E-state index contributed by atoms with van der Waals surface area (Å²) in [5.74, 6) is 0. The summed E-state index contributed by atoms with van der Waals surface area (Å²) in [5.41, 5.74) is 5.19. The normalized spacial score (nSPS) is 10.8. The van der Waals surface area contributed by atoms with E-state index in [2.05, 4.69) is 5.10 Å². The number of hydrogen-bond acceptors (Lipinski definition) is 1. The maximum absolute atomic E-state index is 6.07. The van der Waals surface area contributed by atoms with Gasteiger partial charge in [0.2, 0.25) is 0 Å². The summed E-state index contributed by atoms with van der Waals surface area (Å²) in [7, 11) is 0. The molecule has 25 heavy (non-hydrogen) atoms. The van der Waals surface area contributed by atoms with Gasteiger partial charge in [-0.2, -0.15) is 5.10 Å². The number of rotatable bonds is 3. The van der Waals surface area contributed by atoms with Gasteiger partial charge in [0, 0.05) is 21.2 Å². The number of para-hydroxylation sites is 1. The lowest BCUT2D eigenvalue weighted by Crippen LogP contribution is -1.99. The van der Waals surface area contributed by atoms with Crippen LogP contribution in [0.15, 0.2) is 85.1 Å². The summed E-state index contributed by atoms with van der Waals surface area (Å²) < 4.78 is 1.95. The van der Waals surface area contributed by atoms with E-state index in [9.17, 15) is 0 Å². The minimum atomic E-state index is 0.711. The van der Waals surface area contributed by atoms with Crippen LogP contribution in [0.25, 0.3) is 28.1 Å². The highest BCUT2D eigenvalue weighted by atomic mass is 35.5. The third kappa shape index (κ3) is 3.19. The van der Waals surface area contributed by atoms with Crippen molar-refractivity contribution >= 4 is 23.2 Å². The molecule has 0 saturated heterocycles. The minimum absolute atomic E-state index is 0.711. The molecule has 0 N–H and O–H groups in total. The molecule has 0 atom stereocenters. The molecule has 4 aromatic rings. The lowest BCUT2D eigenvalue weighted by Gasteiger charge is -2.11. The Morgan fingerprint density at radius 3 is 1.80 bits per heavy atom. The highest BCUT2D eigenvalue weighted by Crippen LogP contribution is 2.34. The molecule has 0 saturated carbocycles. The van der Waals surface area contributed by atoms with Crippen molar-refractivity contribution in [3.05, 3.63) is 95.1 Å². The van der Waals surface area contributed by atoms with Crippen molar-refractivity contribution in [1.82, 2.24) is 9.78 Å². The van der Waals surface area contributed by atoms with Crippen molar-refractivity contribution in [3.8, 4) is 28.1 Å². The van der Waals surface area contributed by atoms with Crippen LogP contribution >= 0.6 is 23.2 Å². The van der Waals surface area contributed by atoms with E-state index in [4.69, 9.17) is 23.2 Å². The number of halogens is 2. The van der Waals surface area contributed by atoms with Gasteiger partial charge in [0.15, 0.2) is 0 Å². The van der Waals surface area contributed by atoms with Crippen molar-refractivity contribution in [2.24, 2.45) is 0 Å². The highest BCUT2D eigenvalue weighted by Gasteiger charge is 2.16. The fourth-order valence-electron chi connectivity index (χ4n) is 2.84. The van der Waals surface area contributed by atoms with Crippen molar-refractivity contribution in [2.75, 3.05) is 0 Å². The first-order chi connectivity index (χ1) is 12.2. The Kier molecular flexibility index (Phi) is 4.31. The standard InChI is InChI=1S/C21H14Cl2N2/c22-17-10-6-15(7-11-17)20-14-24-25(19-4-2-1-3-5-19)21(20)16-8-12-18(23)13-9-16/h1-14H. The van der Waals surface area contributed by atoms with Gasteiger partial charge in [0.05, 0.1) is 17.6 Å². The van der Waals surface area contributed by atoms with Crippen molar-refractivity contribution in [1.29, 1.82) is 0 Å². The maximum Gasteiger partial charge on any atom is 0.0819 e. The molecule has 2 nitrogen and oxygen atoms in total. The molecule has 0 amide bonds. The maximum atomic E-state index is 6.07. The number of nitrogens with zero attached hydrogens (tertiary/aromatic N) is 2. The first-order valence-corrected chi connectivity index (χ1v) is 8.63. The van der Waals surface area contributed by atoms with Gasteiger partial charge in [-0.1, -0.05) is 65.7 Å². The molecule has 0 aliphatic heterocycles. The lowest BCUT2D eigenvalue weighted by atomic mass is 10.0. The molecule has 0 radical (unpaired) electrons. The Morgan fingerprint density at radius 1 is 0.640 bits per heavy atom. The van der Waals surface area contributed by atoms with E-state index in [-0.39, 0.29) is 0 Å². The zero-order chi connectivity index (χ0) is 17.2. The second-order valence-electron chi connectivity index (χ2n) is 5.67. The zero-order valence-corrected chi connectivity index (χ0v) is 14.7. The molecule has 1 heterocycles. The summed E-state index contributed by atoms with van der Waals surface area (Å²) >= 11 is 12.1. The Labute approximate surface area is 156 Å². The summed E-state index contributed by atoms with van der Waals surface area (Å²) in [6, 6.07) is 25.7. The first-order valence-electron chi connectivity index (χ1n) is 7.88. The van der Waals surface area contributed by atoms with Crippen molar-refractivity contribution in [2.45, 2.75) is 0 Å². The fraction of sp³-hybridized carbons (Fsp3) is 0. The van der Waals surface area contributed by atoms with Crippen LogP contribution in [-0.2, 0) is 0 Å². The van der Waals surface area contributed by atoms with E-state index in [0.29, 0.717) is 10.0 Å². The zero-order valence-electron chi connectivity index (χ0n) is 13.2. The van der Waals surface area contributed by atoms with Gasteiger partial charge in [-0.15, -0.1) is 0 Å². The second kappa shape index (κ2) is 6.75. The van der Waals surface area contributed by atoms with Crippen LogP contribution in [0.5, 0.6) is 0 Å². The second-order valence-corrected chi connectivity index (χ2v) is 6.54. The van der Waals surface area contributed by atoms with E-state index in [1.165, 1.54) is 0 Å². The molecule has 0 unspecified atom stereocenters. The third-order valence-electron chi connectivity index (χ3n) is 4.04. The van der Waals surface area contributed by atoms with E-state index >= 15 is 0 Å². The molecule has 122 valence electrons. The predicted octanol–water partition coefficient (Wildman–Crippen LogP) is 6.51. The highest BCUT2D eigenvalue weighted by molar-refractivity contribution is 6.31. The molecular weight excluding hydrogens is 351 g/mol.